The lowest BCUT2D eigenvalue weighted by Gasteiger charge is -2.38. The van der Waals surface area contributed by atoms with E-state index >= 15 is 0 Å². The van der Waals surface area contributed by atoms with E-state index in [2.05, 4.69) is 17.9 Å². The Bertz CT molecular complexity index is 415. The Morgan fingerprint density at radius 2 is 2.24 bits per heavy atom. The summed E-state index contributed by atoms with van der Waals surface area (Å²) in [6, 6.07) is 6.54. The first-order valence-electron chi connectivity index (χ1n) is 6.57. The number of fused-ring (bicyclic) bond motifs is 1. The Kier molecular flexibility index (Phi) is 2.61. The van der Waals surface area contributed by atoms with E-state index in [0.717, 1.165) is 30.4 Å². The second kappa shape index (κ2) is 4.13. The summed E-state index contributed by atoms with van der Waals surface area (Å²) in [4.78, 5) is 2.52. The van der Waals surface area contributed by atoms with Gasteiger partial charge in [-0.3, -0.25) is 0 Å². The highest BCUT2D eigenvalue weighted by Crippen LogP contribution is 2.39. The molecule has 1 aromatic carbocycles. The molecule has 1 heterocycles. The van der Waals surface area contributed by atoms with Gasteiger partial charge in [0.25, 0.3) is 0 Å². The molecule has 0 spiro atoms. The van der Waals surface area contributed by atoms with Gasteiger partial charge in [0, 0.05) is 18.3 Å². The van der Waals surface area contributed by atoms with Crippen molar-refractivity contribution in [1.29, 1.82) is 0 Å². The number of benzene rings is 1. The molecule has 0 amide bonds. The van der Waals surface area contributed by atoms with Crippen molar-refractivity contribution >= 4 is 11.4 Å². The molecule has 0 bridgehead atoms. The number of nitrogens with two attached hydrogens (primary N) is 1. The maximum atomic E-state index is 5.82. The molecule has 1 unspecified atom stereocenters. The molecule has 3 heteroatoms. The van der Waals surface area contributed by atoms with Gasteiger partial charge >= 0.3 is 0 Å². The van der Waals surface area contributed by atoms with Crippen molar-refractivity contribution in [2.75, 3.05) is 23.8 Å². The monoisotopic (exact) mass is 232 g/mol. The lowest BCUT2D eigenvalue weighted by atomic mass is 10.1. The van der Waals surface area contributed by atoms with Gasteiger partial charge in [-0.15, -0.1) is 0 Å². The normalized spacial score (nSPS) is 23.1. The fraction of sp³-hybridized carbons (Fsp3) is 0.571. The predicted octanol–water partition coefficient (Wildman–Crippen LogP) is 2.66. The van der Waals surface area contributed by atoms with Gasteiger partial charge in [-0.2, -0.15) is 0 Å². The predicted molar refractivity (Wildman–Crippen MR) is 70.5 cm³/mol. The first kappa shape index (κ1) is 10.8. The van der Waals surface area contributed by atoms with E-state index in [9.17, 15) is 0 Å². The quantitative estimate of drug-likeness (QED) is 0.814. The standard InChI is InChI=1S/C14H20N2O/c1-2-12-9-17-14-7-11(15)5-6-13(14)16(12)8-10-3-4-10/h5-7,10,12H,2-4,8-9,15H2,1H3. The van der Waals surface area contributed by atoms with Gasteiger partial charge in [0.1, 0.15) is 12.4 Å². The lowest BCUT2D eigenvalue weighted by Crippen LogP contribution is -2.43. The number of rotatable bonds is 3. The summed E-state index contributed by atoms with van der Waals surface area (Å²) < 4.78 is 5.82. The van der Waals surface area contributed by atoms with Crippen molar-refractivity contribution in [3.63, 3.8) is 0 Å². The minimum atomic E-state index is 0.520. The van der Waals surface area contributed by atoms with E-state index < -0.39 is 0 Å². The number of hydrogen-bond donors (Lipinski definition) is 1. The summed E-state index contributed by atoms with van der Waals surface area (Å²) in [7, 11) is 0. The Morgan fingerprint density at radius 1 is 1.41 bits per heavy atom. The molecule has 1 fully saturated rings. The van der Waals surface area contributed by atoms with Crippen LogP contribution in [0.15, 0.2) is 18.2 Å². The van der Waals surface area contributed by atoms with Crippen LogP contribution >= 0.6 is 0 Å². The molecule has 3 rings (SSSR count). The number of nitrogen functional groups attached to an aromatic ring is 1. The number of anilines is 2. The van der Waals surface area contributed by atoms with E-state index in [1.165, 1.54) is 25.1 Å². The van der Waals surface area contributed by atoms with Crippen molar-refractivity contribution < 1.29 is 4.74 Å². The van der Waals surface area contributed by atoms with Crippen LogP contribution in [0, 0.1) is 5.92 Å². The van der Waals surface area contributed by atoms with Crippen LogP contribution in [0.3, 0.4) is 0 Å². The summed E-state index contributed by atoms with van der Waals surface area (Å²) in [6.07, 6.45) is 3.91. The smallest absolute Gasteiger partial charge is 0.144 e. The molecule has 1 aliphatic heterocycles. The minimum absolute atomic E-state index is 0.520. The van der Waals surface area contributed by atoms with E-state index in [-0.39, 0.29) is 0 Å². The van der Waals surface area contributed by atoms with Gasteiger partial charge in [-0.05, 0) is 37.3 Å². The Hall–Kier alpha value is -1.38. The van der Waals surface area contributed by atoms with E-state index in [4.69, 9.17) is 10.5 Å². The second-order valence-electron chi connectivity index (χ2n) is 5.20. The van der Waals surface area contributed by atoms with Crippen molar-refractivity contribution in [3.05, 3.63) is 18.2 Å². The zero-order valence-electron chi connectivity index (χ0n) is 10.4. The Morgan fingerprint density at radius 3 is 2.94 bits per heavy atom. The number of ether oxygens (including phenoxy) is 1. The third kappa shape index (κ3) is 2.06. The van der Waals surface area contributed by atoms with Crippen molar-refractivity contribution in [3.8, 4) is 5.75 Å². The highest BCUT2D eigenvalue weighted by atomic mass is 16.5. The maximum absolute atomic E-state index is 5.82. The maximum Gasteiger partial charge on any atom is 0.144 e. The van der Waals surface area contributed by atoms with Crippen LogP contribution in [-0.4, -0.2) is 19.2 Å². The largest absolute Gasteiger partial charge is 0.489 e. The van der Waals surface area contributed by atoms with Crippen molar-refractivity contribution in [1.82, 2.24) is 0 Å². The lowest BCUT2D eigenvalue weighted by molar-refractivity contribution is 0.257. The van der Waals surface area contributed by atoms with Gasteiger partial charge in [-0.1, -0.05) is 6.92 Å². The summed E-state index contributed by atoms with van der Waals surface area (Å²) >= 11 is 0. The van der Waals surface area contributed by atoms with Crippen LogP contribution in [0.4, 0.5) is 11.4 Å². The van der Waals surface area contributed by atoms with Gasteiger partial charge in [0.2, 0.25) is 0 Å². The van der Waals surface area contributed by atoms with E-state index in [1.807, 2.05) is 12.1 Å². The zero-order valence-corrected chi connectivity index (χ0v) is 10.4. The van der Waals surface area contributed by atoms with Crippen LogP contribution in [0.5, 0.6) is 5.75 Å². The summed E-state index contributed by atoms with van der Waals surface area (Å²) in [6.45, 7) is 4.20. The Labute approximate surface area is 103 Å². The van der Waals surface area contributed by atoms with Crippen LogP contribution in [0.1, 0.15) is 26.2 Å². The highest BCUT2D eigenvalue weighted by molar-refractivity contribution is 5.65. The average Bonchev–Trinajstić information content (AvgIpc) is 3.13. The summed E-state index contributed by atoms with van der Waals surface area (Å²) in [5, 5.41) is 0. The van der Waals surface area contributed by atoms with Crippen molar-refractivity contribution in [2.24, 2.45) is 5.92 Å². The molecule has 17 heavy (non-hydrogen) atoms. The summed E-state index contributed by atoms with van der Waals surface area (Å²) in [5.74, 6) is 1.85. The molecule has 2 aliphatic rings. The van der Waals surface area contributed by atoms with Crippen molar-refractivity contribution in [2.45, 2.75) is 32.2 Å². The fourth-order valence-electron chi connectivity index (χ4n) is 2.52. The fourth-order valence-corrected chi connectivity index (χ4v) is 2.52. The molecule has 2 N–H and O–H groups in total. The molecule has 1 aliphatic carbocycles. The number of nitrogens with zero attached hydrogens (tertiary/aromatic N) is 1. The van der Waals surface area contributed by atoms with Gasteiger partial charge in [-0.25, -0.2) is 0 Å². The molecule has 1 atom stereocenters. The molecular weight excluding hydrogens is 212 g/mol. The van der Waals surface area contributed by atoms with Crippen LogP contribution in [0.2, 0.25) is 0 Å². The average molecular weight is 232 g/mol. The van der Waals surface area contributed by atoms with Gasteiger partial charge < -0.3 is 15.4 Å². The first-order valence-corrected chi connectivity index (χ1v) is 6.57. The van der Waals surface area contributed by atoms with Crippen LogP contribution in [-0.2, 0) is 0 Å². The number of hydrogen-bond acceptors (Lipinski definition) is 3. The Balaban J connectivity index is 1.91. The molecule has 0 aromatic heterocycles. The third-order valence-electron chi connectivity index (χ3n) is 3.79. The third-order valence-corrected chi connectivity index (χ3v) is 3.79. The molecule has 0 saturated heterocycles. The molecule has 3 nitrogen and oxygen atoms in total. The molecule has 1 aromatic rings. The molecular formula is C14H20N2O. The molecule has 1 saturated carbocycles. The topological polar surface area (TPSA) is 38.5 Å². The zero-order chi connectivity index (χ0) is 11.8. The minimum Gasteiger partial charge on any atom is -0.489 e. The van der Waals surface area contributed by atoms with Crippen LogP contribution < -0.4 is 15.4 Å². The summed E-state index contributed by atoms with van der Waals surface area (Å²) in [5.41, 5.74) is 7.82. The van der Waals surface area contributed by atoms with E-state index in [1.54, 1.807) is 0 Å². The van der Waals surface area contributed by atoms with Crippen LogP contribution in [0.25, 0.3) is 0 Å². The SMILES string of the molecule is CCC1COc2cc(N)ccc2N1CC1CC1. The first-order chi connectivity index (χ1) is 8.28. The van der Waals surface area contributed by atoms with E-state index in [0.29, 0.717) is 6.04 Å². The van der Waals surface area contributed by atoms with Gasteiger partial charge in [0.05, 0.1) is 11.7 Å². The van der Waals surface area contributed by atoms with Gasteiger partial charge in [0.15, 0.2) is 0 Å². The molecule has 92 valence electrons. The second-order valence-corrected chi connectivity index (χ2v) is 5.20. The molecule has 0 radical (unpaired) electrons. The highest BCUT2D eigenvalue weighted by Gasteiger charge is 2.31.